The molecule has 1 aliphatic rings. The van der Waals surface area contributed by atoms with E-state index in [0.29, 0.717) is 12.1 Å². The maximum absolute atomic E-state index is 12.4. The van der Waals surface area contributed by atoms with Gasteiger partial charge >= 0.3 is 0 Å². The molecule has 0 bridgehead atoms. The Morgan fingerprint density at radius 2 is 2.28 bits per heavy atom. The lowest BCUT2D eigenvalue weighted by Crippen LogP contribution is -2.30. The third kappa shape index (κ3) is 2.73. The van der Waals surface area contributed by atoms with E-state index < -0.39 is 10.0 Å². The molecule has 2 rings (SSSR count). The lowest BCUT2D eigenvalue weighted by atomic mass is 10.3. The average Bonchev–Trinajstić information content (AvgIpc) is 3.07. The fraction of sp³-hybridized carbons (Fsp3) is 0.727. The summed E-state index contributed by atoms with van der Waals surface area (Å²) in [5, 5.41) is 9.89. The fourth-order valence-electron chi connectivity index (χ4n) is 1.83. The molecule has 1 saturated carbocycles. The molecule has 0 aliphatic heterocycles. The molecule has 2 N–H and O–H groups in total. The number of sulfonamides is 1. The molecule has 1 aliphatic carbocycles. The minimum atomic E-state index is -3.42. The van der Waals surface area contributed by atoms with Gasteiger partial charge in [0.15, 0.2) is 5.03 Å². The summed E-state index contributed by atoms with van der Waals surface area (Å²) in [6.45, 7) is 3.46. The van der Waals surface area contributed by atoms with Gasteiger partial charge in [0.05, 0.1) is 6.20 Å². The highest BCUT2D eigenvalue weighted by Gasteiger charge is 2.36. The van der Waals surface area contributed by atoms with Crippen molar-refractivity contribution in [2.24, 2.45) is 0 Å². The zero-order chi connectivity index (χ0) is 13.2. The summed E-state index contributed by atoms with van der Waals surface area (Å²) in [7, 11) is -1.79. The minimum Gasteiger partial charge on any atom is -0.313 e. The Hall–Kier alpha value is -0.920. The van der Waals surface area contributed by atoms with Crippen molar-refractivity contribution < 1.29 is 8.42 Å². The third-order valence-corrected chi connectivity index (χ3v) is 5.04. The van der Waals surface area contributed by atoms with Crippen molar-refractivity contribution in [3.8, 4) is 0 Å². The van der Waals surface area contributed by atoms with Crippen LogP contribution in [0.5, 0.6) is 0 Å². The van der Waals surface area contributed by atoms with Crippen LogP contribution in [0.4, 0.5) is 0 Å². The van der Waals surface area contributed by atoms with Crippen LogP contribution in [0.3, 0.4) is 0 Å². The highest BCUT2D eigenvalue weighted by molar-refractivity contribution is 7.89. The van der Waals surface area contributed by atoms with E-state index in [1.165, 1.54) is 4.31 Å². The fourth-order valence-corrected chi connectivity index (χ4v) is 3.34. The Morgan fingerprint density at radius 1 is 1.56 bits per heavy atom. The molecule has 0 amide bonds. The van der Waals surface area contributed by atoms with Crippen LogP contribution < -0.4 is 5.32 Å². The van der Waals surface area contributed by atoms with E-state index in [-0.39, 0.29) is 11.1 Å². The van der Waals surface area contributed by atoms with Crippen LogP contribution in [-0.2, 0) is 16.6 Å². The summed E-state index contributed by atoms with van der Waals surface area (Å²) in [4.78, 5) is 0. The molecular formula is C11H20N4O2S. The normalized spacial score (nSPS) is 16.4. The highest BCUT2D eigenvalue weighted by atomic mass is 32.2. The van der Waals surface area contributed by atoms with Crippen molar-refractivity contribution in [1.29, 1.82) is 0 Å². The van der Waals surface area contributed by atoms with Crippen LogP contribution in [0.15, 0.2) is 11.2 Å². The number of H-pyrrole nitrogens is 1. The SMILES string of the molecule is CCCNCc1cn[nH]c1S(=O)(=O)N(C)C1CC1. The molecule has 1 heterocycles. The van der Waals surface area contributed by atoms with Gasteiger partial charge in [-0.15, -0.1) is 0 Å². The zero-order valence-electron chi connectivity index (χ0n) is 10.8. The van der Waals surface area contributed by atoms with E-state index in [4.69, 9.17) is 0 Å². The maximum atomic E-state index is 12.4. The Kier molecular flexibility index (Phi) is 4.04. The molecule has 0 spiro atoms. The van der Waals surface area contributed by atoms with Crippen molar-refractivity contribution in [3.63, 3.8) is 0 Å². The van der Waals surface area contributed by atoms with Crippen molar-refractivity contribution >= 4 is 10.0 Å². The number of aromatic nitrogens is 2. The number of hydrogen-bond acceptors (Lipinski definition) is 4. The minimum absolute atomic E-state index is 0.162. The molecule has 0 aromatic carbocycles. The molecule has 1 aromatic heterocycles. The standard InChI is InChI=1S/C11H20N4O2S/c1-3-6-12-7-9-8-13-14-11(9)18(16,17)15(2)10-4-5-10/h8,10,12H,3-7H2,1-2H3,(H,13,14). The molecule has 18 heavy (non-hydrogen) atoms. The molecule has 6 nitrogen and oxygen atoms in total. The summed E-state index contributed by atoms with van der Waals surface area (Å²) >= 11 is 0. The topological polar surface area (TPSA) is 78.1 Å². The molecule has 0 unspecified atom stereocenters. The molecule has 0 atom stereocenters. The quantitative estimate of drug-likeness (QED) is 0.716. The van der Waals surface area contributed by atoms with Gasteiger partial charge in [-0.2, -0.15) is 9.40 Å². The summed E-state index contributed by atoms with van der Waals surface area (Å²) in [6.07, 6.45) is 4.50. The summed E-state index contributed by atoms with van der Waals surface area (Å²) in [6, 6.07) is 0.162. The summed E-state index contributed by atoms with van der Waals surface area (Å²) < 4.78 is 26.2. The Balaban J connectivity index is 2.14. The average molecular weight is 272 g/mol. The predicted octanol–water partition coefficient (Wildman–Crippen LogP) is 0.692. The van der Waals surface area contributed by atoms with Crippen LogP contribution in [0, 0.1) is 0 Å². The van der Waals surface area contributed by atoms with E-state index in [9.17, 15) is 8.42 Å². The van der Waals surface area contributed by atoms with Crippen LogP contribution in [0.2, 0.25) is 0 Å². The first kappa shape index (κ1) is 13.5. The van der Waals surface area contributed by atoms with E-state index in [0.717, 1.165) is 25.8 Å². The second kappa shape index (κ2) is 5.38. The van der Waals surface area contributed by atoms with Crippen LogP contribution in [0.1, 0.15) is 31.7 Å². The van der Waals surface area contributed by atoms with Crippen molar-refractivity contribution in [2.75, 3.05) is 13.6 Å². The van der Waals surface area contributed by atoms with Gasteiger partial charge in [-0.1, -0.05) is 6.92 Å². The lowest BCUT2D eigenvalue weighted by Gasteiger charge is -2.16. The van der Waals surface area contributed by atoms with Gasteiger partial charge in [-0.05, 0) is 25.8 Å². The maximum Gasteiger partial charge on any atom is 0.260 e. The van der Waals surface area contributed by atoms with E-state index in [1.54, 1.807) is 13.2 Å². The lowest BCUT2D eigenvalue weighted by molar-refractivity contribution is 0.460. The number of nitrogens with zero attached hydrogens (tertiary/aromatic N) is 2. The predicted molar refractivity (Wildman–Crippen MR) is 68.6 cm³/mol. The first-order valence-corrected chi connectivity index (χ1v) is 7.72. The van der Waals surface area contributed by atoms with Gasteiger partial charge in [-0.3, -0.25) is 5.10 Å². The van der Waals surface area contributed by atoms with E-state index in [2.05, 4.69) is 22.4 Å². The number of hydrogen-bond donors (Lipinski definition) is 2. The van der Waals surface area contributed by atoms with Crippen molar-refractivity contribution in [1.82, 2.24) is 19.8 Å². The zero-order valence-corrected chi connectivity index (χ0v) is 11.6. The second-order valence-electron chi connectivity index (χ2n) is 4.65. The molecule has 102 valence electrons. The molecule has 1 fully saturated rings. The summed E-state index contributed by atoms with van der Waals surface area (Å²) in [5.74, 6) is 0. The van der Waals surface area contributed by atoms with Crippen molar-refractivity contribution in [3.05, 3.63) is 11.8 Å². The summed E-state index contributed by atoms with van der Waals surface area (Å²) in [5.41, 5.74) is 0.705. The van der Waals surface area contributed by atoms with Gasteiger partial charge in [0.2, 0.25) is 0 Å². The third-order valence-electron chi connectivity index (χ3n) is 3.12. The van der Waals surface area contributed by atoms with Crippen LogP contribution >= 0.6 is 0 Å². The Bertz CT molecular complexity index is 493. The number of nitrogens with one attached hydrogen (secondary N) is 2. The van der Waals surface area contributed by atoms with E-state index >= 15 is 0 Å². The van der Waals surface area contributed by atoms with Gasteiger partial charge in [0.25, 0.3) is 10.0 Å². The Morgan fingerprint density at radius 3 is 2.89 bits per heavy atom. The smallest absolute Gasteiger partial charge is 0.260 e. The Labute approximate surface area is 108 Å². The molecular weight excluding hydrogens is 252 g/mol. The first-order chi connectivity index (χ1) is 8.57. The number of rotatable bonds is 7. The van der Waals surface area contributed by atoms with E-state index in [1.807, 2.05) is 0 Å². The van der Waals surface area contributed by atoms with Gasteiger partial charge in [0.1, 0.15) is 0 Å². The van der Waals surface area contributed by atoms with Crippen LogP contribution in [-0.4, -0.2) is 42.6 Å². The molecule has 0 saturated heterocycles. The number of aromatic amines is 1. The molecule has 1 aromatic rings. The highest BCUT2D eigenvalue weighted by Crippen LogP contribution is 2.30. The van der Waals surface area contributed by atoms with Gasteiger partial charge in [-0.25, -0.2) is 8.42 Å². The molecule has 0 radical (unpaired) electrons. The first-order valence-electron chi connectivity index (χ1n) is 6.28. The monoisotopic (exact) mass is 272 g/mol. The second-order valence-corrected chi connectivity index (χ2v) is 6.59. The van der Waals surface area contributed by atoms with Gasteiger partial charge in [0, 0.05) is 25.2 Å². The molecule has 7 heteroatoms. The van der Waals surface area contributed by atoms with Crippen molar-refractivity contribution in [2.45, 2.75) is 43.8 Å². The largest absolute Gasteiger partial charge is 0.313 e. The van der Waals surface area contributed by atoms with Crippen LogP contribution in [0.25, 0.3) is 0 Å². The van der Waals surface area contributed by atoms with Gasteiger partial charge < -0.3 is 5.32 Å².